The van der Waals surface area contributed by atoms with Crippen LogP contribution in [0.5, 0.6) is 0 Å². The number of hydrogen-bond donors (Lipinski definition) is 0. The molecule has 1 saturated carbocycles. The van der Waals surface area contributed by atoms with E-state index in [1.807, 2.05) is 25.7 Å². The van der Waals surface area contributed by atoms with Crippen LogP contribution >= 0.6 is 0 Å². The van der Waals surface area contributed by atoms with Gasteiger partial charge in [0, 0.05) is 13.1 Å². The summed E-state index contributed by atoms with van der Waals surface area (Å²) in [5.41, 5.74) is 0.949. The van der Waals surface area contributed by atoms with Crippen LogP contribution in [-0.4, -0.2) is 29.7 Å². The second-order valence-corrected chi connectivity index (χ2v) is 5.93. The smallest absolute Gasteiger partial charge is 0.410 e. The van der Waals surface area contributed by atoms with Crippen LogP contribution in [0, 0.1) is 11.8 Å². The van der Waals surface area contributed by atoms with Crippen molar-refractivity contribution in [1.29, 1.82) is 0 Å². The van der Waals surface area contributed by atoms with Crippen LogP contribution in [0.25, 0.3) is 0 Å². The fraction of sp³-hybridized carbons (Fsp3) is 0.769. The molecule has 3 heteroatoms. The number of amides is 1. The predicted molar refractivity (Wildman–Crippen MR) is 63.2 cm³/mol. The highest BCUT2D eigenvalue weighted by atomic mass is 16.6. The lowest BCUT2D eigenvalue weighted by molar-refractivity contribution is 0.0195. The summed E-state index contributed by atoms with van der Waals surface area (Å²) in [6.45, 7) is 11.4. The van der Waals surface area contributed by atoms with E-state index in [4.69, 9.17) is 4.74 Å². The van der Waals surface area contributed by atoms with Crippen LogP contribution in [0.4, 0.5) is 4.79 Å². The molecule has 1 heterocycles. The molecule has 16 heavy (non-hydrogen) atoms. The fourth-order valence-corrected chi connectivity index (χ4v) is 2.61. The quantitative estimate of drug-likeness (QED) is 0.591. The molecule has 1 saturated heterocycles. The lowest BCUT2D eigenvalue weighted by atomic mass is 9.93. The van der Waals surface area contributed by atoms with Crippen LogP contribution in [0.1, 0.15) is 33.6 Å². The lowest BCUT2D eigenvalue weighted by Crippen LogP contribution is -2.44. The number of carbonyl (C=O) groups excluding carboxylic acids is 1. The van der Waals surface area contributed by atoms with E-state index in [1.54, 1.807) is 0 Å². The number of nitrogens with zero attached hydrogens (tertiary/aromatic N) is 1. The molecule has 2 fully saturated rings. The van der Waals surface area contributed by atoms with Gasteiger partial charge in [0.2, 0.25) is 0 Å². The zero-order valence-corrected chi connectivity index (χ0v) is 10.5. The Labute approximate surface area is 97.5 Å². The topological polar surface area (TPSA) is 29.5 Å². The van der Waals surface area contributed by atoms with Gasteiger partial charge in [0.25, 0.3) is 0 Å². The van der Waals surface area contributed by atoms with Crippen molar-refractivity contribution < 1.29 is 9.53 Å². The number of likely N-dealkylation sites (tertiary alicyclic amines) is 1. The predicted octanol–water partition coefficient (Wildman–Crippen LogP) is 2.82. The highest BCUT2D eigenvalue weighted by Crippen LogP contribution is 2.40. The lowest BCUT2D eigenvalue weighted by Gasteiger charge is -2.34. The van der Waals surface area contributed by atoms with E-state index in [1.165, 1.54) is 18.4 Å². The molecule has 0 aromatic carbocycles. The monoisotopic (exact) mass is 223 g/mol. The van der Waals surface area contributed by atoms with Crippen molar-refractivity contribution >= 4 is 6.09 Å². The molecule has 0 N–H and O–H groups in total. The number of carbonyl (C=O) groups is 1. The number of fused-ring (bicyclic) bond motifs is 2. The number of piperidine rings is 1. The maximum absolute atomic E-state index is 11.9. The van der Waals surface area contributed by atoms with Crippen LogP contribution in [0.2, 0.25) is 0 Å². The van der Waals surface area contributed by atoms with Crippen molar-refractivity contribution in [1.82, 2.24) is 4.90 Å². The maximum atomic E-state index is 11.9. The standard InChI is InChI=1S/C13H21NO2/c1-9-10-5-6-11(9)8-14(7-10)12(15)16-13(2,3)4/h10-11H,1,5-8H2,2-4H3/t10-,11+. The molecule has 1 amide bonds. The van der Waals surface area contributed by atoms with E-state index in [-0.39, 0.29) is 6.09 Å². The maximum Gasteiger partial charge on any atom is 0.410 e. The Kier molecular flexibility index (Phi) is 2.72. The van der Waals surface area contributed by atoms with Crippen LogP contribution in [0.15, 0.2) is 12.2 Å². The molecular weight excluding hydrogens is 202 g/mol. The van der Waals surface area contributed by atoms with E-state index in [2.05, 4.69) is 6.58 Å². The van der Waals surface area contributed by atoms with Crippen LogP contribution in [-0.2, 0) is 4.74 Å². The minimum absolute atomic E-state index is 0.170. The Hall–Kier alpha value is -0.990. The second kappa shape index (κ2) is 3.79. The zero-order chi connectivity index (χ0) is 11.9. The summed E-state index contributed by atoms with van der Waals surface area (Å²) in [6, 6.07) is 0. The van der Waals surface area contributed by atoms with Gasteiger partial charge in [-0.25, -0.2) is 4.79 Å². The summed E-state index contributed by atoms with van der Waals surface area (Å²) in [6.07, 6.45) is 2.20. The molecule has 1 aliphatic heterocycles. The average molecular weight is 223 g/mol. The molecule has 90 valence electrons. The van der Waals surface area contributed by atoms with Crippen molar-refractivity contribution in [3.8, 4) is 0 Å². The Morgan fingerprint density at radius 3 is 2.25 bits per heavy atom. The van der Waals surface area contributed by atoms with E-state index in [0.717, 1.165) is 13.1 Å². The third-order valence-electron chi connectivity index (χ3n) is 3.45. The number of ether oxygens (including phenoxy) is 1. The van der Waals surface area contributed by atoms with Gasteiger partial charge in [-0.2, -0.15) is 0 Å². The van der Waals surface area contributed by atoms with Gasteiger partial charge < -0.3 is 9.64 Å². The van der Waals surface area contributed by atoms with Gasteiger partial charge in [-0.3, -0.25) is 0 Å². The van der Waals surface area contributed by atoms with Crippen LogP contribution < -0.4 is 0 Å². The van der Waals surface area contributed by atoms with Gasteiger partial charge in [-0.1, -0.05) is 12.2 Å². The first-order valence-corrected chi connectivity index (χ1v) is 6.03. The van der Waals surface area contributed by atoms with Crippen molar-refractivity contribution in [2.45, 2.75) is 39.2 Å². The zero-order valence-electron chi connectivity index (χ0n) is 10.5. The van der Waals surface area contributed by atoms with Crippen LogP contribution in [0.3, 0.4) is 0 Å². The van der Waals surface area contributed by atoms with Gasteiger partial charge in [-0.05, 0) is 45.4 Å². The highest BCUT2D eigenvalue weighted by Gasteiger charge is 2.39. The molecule has 0 aromatic heterocycles. The number of rotatable bonds is 0. The Bertz CT molecular complexity index is 300. The van der Waals surface area contributed by atoms with Gasteiger partial charge in [0.15, 0.2) is 0 Å². The molecule has 0 spiro atoms. The third-order valence-corrected chi connectivity index (χ3v) is 3.45. The molecule has 0 aromatic rings. The first-order chi connectivity index (χ1) is 7.37. The minimum atomic E-state index is -0.398. The van der Waals surface area contributed by atoms with Crippen molar-refractivity contribution in [2.75, 3.05) is 13.1 Å². The first-order valence-electron chi connectivity index (χ1n) is 6.03. The Morgan fingerprint density at radius 2 is 1.81 bits per heavy atom. The van der Waals surface area contributed by atoms with Crippen molar-refractivity contribution in [3.63, 3.8) is 0 Å². The fourth-order valence-electron chi connectivity index (χ4n) is 2.61. The average Bonchev–Trinajstić information content (AvgIpc) is 2.38. The largest absolute Gasteiger partial charge is 0.444 e. The van der Waals surface area contributed by atoms with Gasteiger partial charge in [0.05, 0.1) is 0 Å². The molecule has 1 aliphatic carbocycles. The molecule has 0 unspecified atom stereocenters. The molecule has 2 bridgehead atoms. The van der Waals surface area contributed by atoms with E-state index in [0.29, 0.717) is 11.8 Å². The summed E-state index contributed by atoms with van der Waals surface area (Å²) in [5.74, 6) is 1.01. The van der Waals surface area contributed by atoms with E-state index >= 15 is 0 Å². The molecular formula is C13H21NO2. The SMILES string of the molecule is C=C1[C@@H]2CC[C@H]1CN(C(=O)OC(C)(C)C)C2. The summed E-state index contributed by atoms with van der Waals surface area (Å²) in [5, 5.41) is 0. The third kappa shape index (κ3) is 2.23. The van der Waals surface area contributed by atoms with Gasteiger partial charge in [0.1, 0.15) is 5.60 Å². The normalized spacial score (nSPS) is 29.4. The Balaban J connectivity index is 1.98. The summed E-state index contributed by atoms with van der Waals surface area (Å²) < 4.78 is 5.39. The van der Waals surface area contributed by atoms with Crippen molar-refractivity contribution in [3.05, 3.63) is 12.2 Å². The van der Waals surface area contributed by atoms with Gasteiger partial charge in [-0.15, -0.1) is 0 Å². The first kappa shape index (κ1) is 11.5. The molecule has 0 radical (unpaired) electrons. The summed E-state index contributed by atoms with van der Waals surface area (Å²) in [4.78, 5) is 13.8. The molecule has 2 aliphatic rings. The van der Waals surface area contributed by atoms with E-state index < -0.39 is 5.60 Å². The number of hydrogen-bond acceptors (Lipinski definition) is 2. The van der Waals surface area contributed by atoms with E-state index in [9.17, 15) is 4.79 Å². The molecule has 3 nitrogen and oxygen atoms in total. The van der Waals surface area contributed by atoms with Gasteiger partial charge >= 0.3 is 6.09 Å². The molecule has 2 rings (SSSR count). The minimum Gasteiger partial charge on any atom is -0.444 e. The Morgan fingerprint density at radius 1 is 1.31 bits per heavy atom. The molecule has 2 atom stereocenters. The summed E-state index contributed by atoms with van der Waals surface area (Å²) in [7, 11) is 0. The second-order valence-electron chi connectivity index (χ2n) is 5.93. The highest BCUT2D eigenvalue weighted by molar-refractivity contribution is 5.68. The van der Waals surface area contributed by atoms with Crippen molar-refractivity contribution in [2.24, 2.45) is 11.8 Å². The summed E-state index contributed by atoms with van der Waals surface area (Å²) >= 11 is 0.